The van der Waals surface area contributed by atoms with Gasteiger partial charge in [0.2, 0.25) is 0 Å². The van der Waals surface area contributed by atoms with Crippen LogP contribution in [-0.4, -0.2) is 52.1 Å². The van der Waals surface area contributed by atoms with Gasteiger partial charge in [-0.25, -0.2) is 9.78 Å². The summed E-state index contributed by atoms with van der Waals surface area (Å²) in [6.07, 6.45) is 5.76. The first kappa shape index (κ1) is 25.3. The number of rotatable bonds is 8. The lowest BCUT2D eigenvalue weighted by Gasteiger charge is -2.25. The fourth-order valence-corrected chi connectivity index (χ4v) is 4.85. The SMILES string of the molecule is CN(C)C(=O)COc1cccc(Oc2ccc(-c3nc4cc(C(=O)O)ccc4n3C3CCCCC3)cc2)c1. The summed E-state index contributed by atoms with van der Waals surface area (Å²) in [6, 6.07) is 20.4. The maximum absolute atomic E-state index is 11.8. The summed E-state index contributed by atoms with van der Waals surface area (Å²) >= 11 is 0. The molecule has 0 radical (unpaired) electrons. The van der Waals surface area contributed by atoms with Crippen LogP contribution in [0.15, 0.2) is 66.7 Å². The van der Waals surface area contributed by atoms with Crippen molar-refractivity contribution in [3.05, 3.63) is 72.3 Å². The Hall–Kier alpha value is -4.33. The first-order chi connectivity index (χ1) is 18.4. The molecule has 0 unspecified atom stereocenters. The van der Waals surface area contributed by atoms with Crippen molar-refractivity contribution in [3.63, 3.8) is 0 Å². The second-order valence-corrected chi connectivity index (χ2v) is 9.78. The minimum atomic E-state index is -0.957. The van der Waals surface area contributed by atoms with Crippen molar-refractivity contribution in [2.24, 2.45) is 0 Å². The number of benzene rings is 3. The molecule has 1 aliphatic carbocycles. The highest BCUT2D eigenvalue weighted by atomic mass is 16.5. The van der Waals surface area contributed by atoms with Gasteiger partial charge in [-0.15, -0.1) is 0 Å². The van der Waals surface area contributed by atoms with Crippen LogP contribution in [0.3, 0.4) is 0 Å². The van der Waals surface area contributed by atoms with Gasteiger partial charge in [0.25, 0.3) is 5.91 Å². The quantitative estimate of drug-likeness (QED) is 0.303. The number of carboxylic acids is 1. The minimum absolute atomic E-state index is 0.0406. The van der Waals surface area contributed by atoms with Crippen molar-refractivity contribution < 1.29 is 24.2 Å². The maximum Gasteiger partial charge on any atom is 0.335 e. The average molecular weight is 514 g/mol. The van der Waals surface area contributed by atoms with Gasteiger partial charge in [0, 0.05) is 31.8 Å². The average Bonchev–Trinajstić information content (AvgIpc) is 3.31. The van der Waals surface area contributed by atoms with Gasteiger partial charge in [-0.05, 0) is 67.4 Å². The third-order valence-corrected chi connectivity index (χ3v) is 6.89. The van der Waals surface area contributed by atoms with Crippen LogP contribution in [0.2, 0.25) is 0 Å². The Morgan fingerprint density at radius 1 is 0.947 bits per heavy atom. The van der Waals surface area contributed by atoms with E-state index in [1.807, 2.05) is 42.5 Å². The number of carbonyl (C=O) groups excluding carboxylic acids is 1. The van der Waals surface area contributed by atoms with Crippen LogP contribution >= 0.6 is 0 Å². The van der Waals surface area contributed by atoms with Gasteiger partial charge in [0.05, 0.1) is 16.6 Å². The number of hydrogen-bond donors (Lipinski definition) is 1. The Kier molecular flexibility index (Phi) is 7.31. The lowest BCUT2D eigenvalue weighted by molar-refractivity contribution is -0.130. The van der Waals surface area contributed by atoms with Crippen LogP contribution in [0.1, 0.15) is 48.5 Å². The van der Waals surface area contributed by atoms with Crippen LogP contribution in [0.5, 0.6) is 17.2 Å². The monoisotopic (exact) mass is 513 g/mol. The predicted molar refractivity (Wildman–Crippen MR) is 145 cm³/mol. The highest BCUT2D eigenvalue weighted by Gasteiger charge is 2.23. The number of carboxylic acid groups (broad SMARTS) is 1. The van der Waals surface area contributed by atoms with Crippen molar-refractivity contribution in [1.82, 2.24) is 14.5 Å². The van der Waals surface area contributed by atoms with Gasteiger partial charge in [0.15, 0.2) is 6.61 Å². The first-order valence-electron chi connectivity index (χ1n) is 12.9. The fourth-order valence-electron chi connectivity index (χ4n) is 4.85. The zero-order chi connectivity index (χ0) is 26.6. The number of likely N-dealkylation sites (N-methyl/N-ethyl adjacent to an activating group) is 1. The van der Waals surface area contributed by atoms with Gasteiger partial charge >= 0.3 is 5.97 Å². The predicted octanol–water partition coefficient (Wildman–Crippen LogP) is 6.17. The Bertz CT molecular complexity index is 1450. The molecule has 1 saturated carbocycles. The summed E-state index contributed by atoms with van der Waals surface area (Å²) in [5, 5.41) is 9.46. The van der Waals surface area contributed by atoms with E-state index in [0.717, 1.165) is 29.7 Å². The van der Waals surface area contributed by atoms with Crippen LogP contribution in [0.25, 0.3) is 22.4 Å². The van der Waals surface area contributed by atoms with E-state index in [2.05, 4.69) is 4.57 Å². The number of carbonyl (C=O) groups is 2. The number of fused-ring (bicyclic) bond motifs is 1. The van der Waals surface area contributed by atoms with Gasteiger partial charge in [-0.1, -0.05) is 25.3 Å². The third-order valence-electron chi connectivity index (χ3n) is 6.89. The Labute approximate surface area is 221 Å². The fraction of sp³-hybridized carbons (Fsp3) is 0.300. The highest BCUT2D eigenvalue weighted by molar-refractivity contribution is 5.93. The summed E-state index contributed by atoms with van der Waals surface area (Å²) in [5.74, 6) is 1.57. The van der Waals surface area contributed by atoms with Crippen LogP contribution < -0.4 is 9.47 Å². The smallest absolute Gasteiger partial charge is 0.335 e. The third kappa shape index (κ3) is 5.49. The van der Waals surface area contributed by atoms with E-state index in [0.29, 0.717) is 28.8 Å². The molecular formula is C30H31N3O5. The van der Waals surface area contributed by atoms with Gasteiger partial charge in [-0.2, -0.15) is 0 Å². The van der Waals surface area contributed by atoms with Crippen molar-refractivity contribution in [2.75, 3.05) is 20.7 Å². The molecule has 1 aliphatic rings. The van der Waals surface area contributed by atoms with Gasteiger partial charge < -0.3 is 24.0 Å². The van der Waals surface area contributed by atoms with E-state index in [9.17, 15) is 14.7 Å². The second-order valence-electron chi connectivity index (χ2n) is 9.78. The van der Waals surface area contributed by atoms with E-state index in [1.165, 1.54) is 24.2 Å². The topological polar surface area (TPSA) is 93.9 Å². The van der Waals surface area contributed by atoms with Crippen molar-refractivity contribution in [2.45, 2.75) is 38.1 Å². The Morgan fingerprint density at radius 2 is 1.68 bits per heavy atom. The molecule has 0 saturated heterocycles. The summed E-state index contributed by atoms with van der Waals surface area (Å²) in [4.78, 5) is 29.7. The minimum Gasteiger partial charge on any atom is -0.484 e. The summed E-state index contributed by atoms with van der Waals surface area (Å²) < 4.78 is 13.9. The number of nitrogens with zero attached hydrogens (tertiary/aromatic N) is 3. The summed E-state index contributed by atoms with van der Waals surface area (Å²) in [7, 11) is 3.37. The van der Waals surface area contributed by atoms with Crippen LogP contribution in [0, 0.1) is 0 Å². The van der Waals surface area contributed by atoms with E-state index in [1.54, 1.807) is 38.4 Å². The van der Waals surface area contributed by atoms with Gasteiger partial charge in [0.1, 0.15) is 23.1 Å². The standard InChI is InChI=1S/C30H31N3O5/c1-32(2)28(34)19-37-24-9-6-10-25(18-24)38-23-14-11-20(12-15-23)29-31-26-17-21(30(35)36)13-16-27(26)33(29)22-7-4-3-5-8-22/h6,9-18,22H,3-5,7-8,19H2,1-2H3,(H,35,36). The molecule has 196 valence electrons. The number of aromatic nitrogens is 2. The molecule has 8 heteroatoms. The molecule has 1 amide bonds. The normalized spacial score (nSPS) is 13.8. The Morgan fingerprint density at radius 3 is 2.39 bits per heavy atom. The number of hydrogen-bond acceptors (Lipinski definition) is 5. The zero-order valence-corrected chi connectivity index (χ0v) is 21.6. The maximum atomic E-state index is 11.8. The van der Waals surface area contributed by atoms with E-state index in [4.69, 9.17) is 14.5 Å². The molecule has 1 aromatic heterocycles. The molecule has 0 bridgehead atoms. The van der Waals surface area contributed by atoms with E-state index < -0.39 is 5.97 Å². The molecule has 1 heterocycles. The molecule has 5 rings (SSSR count). The van der Waals surface area contributed by atoms with Crippen LogP contribution in [0.4, 0.5) is 0 Å². The first-order valence-corrected chi connectivity index (χ1v) is 12.9. The molecule has 3 aromatic carbocycles. The lowest BCUT2D eigenvalue weighted by Crippen LogP contribution is -2.27. The number of amides is 1. The lowest BCUT2D eigenvalue weighted by atomic mass is 9.95. The molecule has 1 fully saturated rings. The summed E-state index contributed by atoms with van der Waals surface area (Å²) in [6.45, 7) is -0.0406. The van der Waals surface area contributed by atoms with Crippen LogP contribution in [-0.2, 0) is 4.79 Å². The molecular weight excluding hydrogens is 482 g/mol. The molecule has 1 N–H and O–H groups in total. The van der Waals surface area contributed by atoms with Crippen molar-refractivity contribution in [1.29, 1.82) is 0 Å². The highest BCUT2D eigenvalue weighted by Crippen LogP contribution is 2.37. The summed E-state index contributed by atoms with van der Waals surface area (Å²) in [5.41, 5.74) is 2.82. The molecule has 4 aromatic rings. The largest absolute Gasteiger partial charge is 0.484 e. The molecule has 38 heavy (non-hydrogen) atoms. The zero-order valence-electron chi connectivity index (χ0n) is 21.6. The molecule has 8 nitrogen and oxygen atoms in total. The molecule has 0 atom stereocenters. The van der Waals surface area contributed by atoms with Gasteiger partial charge in [-0.3, -0.25) is 4.79 Å². The second kappa shape index (κ2) is 11.0. The van der Waals surface area contributed by atoms with E-state index in [-0.39, 0.29) is 18.1 Å². The number of ether oxygens (including phenoxy) is 2. The van der Waals surface area contributed by atoms with E-state index >= 15 is 0 Å². The Balaban J connectivity index is 1.40. The number of imidazole rings is 1. The molecule has 0 spiro atoms. The van der Waals surface area contributed by atoms with Crippen molar-refractivity contribution >= 4 is 22.9 Å². The number of aromatic carboxylic acids is 1. The molecule has 0 aliphatic heterocycles. The van der Waals surface area contributed by atoms with Crippen molar-refractivity contribution in [3.8, 4) is 28.6 Å².